The van der Waals surface area contributed by atoms with Crippen molar-refractivity contribution < 1.29 is 14.4 Å². The van der Waals surface area contributed by atoms with E-state index >= 15 is 0 Å². The molecule has 0 radical (unpaired) electrons. The minimum Gasteiger partial charge on any atom is -0.550 e. The fraction of sp³-hybridized carbons (Fsp3) is 0.944. The smallest absolute Gasteiger partial charge is 0.0786 e. The first-order valence-electron chi connectivity index (χ1n) is 9.01. The number of nitrogens with zero attached hydrogens (tertiary/aromatic N) is 1. The van der Waals surface area contributed by atoms with E-state index in [1.165, 1.54) is 94.7 Å². The van der Waals surface area contributed by atoms with Crippen molar-refractivity contribution in [3.8, 4) is 0 Å². The van der Waals surface area contributed by atoms with Crippen LogP contribution in [0.15, 0.2) is 0 Å². The van der Waals surface area contributed by atoms with E-state index in [-0.39, 0.29) is 0 Å². The number of carboxylic acid groups (broad SMARTS) is 1. The van der Waals surface area contributed by atoms with Crippen LogP contribution in [0.3, 0.4) is 0 Å². The number of carboxylic acids is 1. The van der Waals surface area contributed by atoms with Crippen LogP contribution in [0.1, 0.15) is 84.5 Å². The number of aliphatic carboxylic acids is 1. The molecule has 0 aromatic heterocycles. The van der Waals surface area contributed by atoms with Gasteiger partial charge < -0.3 is 14.4 Å². The van der Waals surface area contributed by atoms with Crippen LogP contribution in [0, 0.1) is 0 Å². The maximum absolute atomic E-state index is 8.89. The normalized spacial score (nSPS) is 16.3. The minimum absolute atomic E-state index is 0.972. The summed E-state index contributed by atoms with van der Waals surface area (Å²) in [5.41, 5.74) is 0. The van der Waals surface area contributed by atoms with Gasteiger partial charge in [-0.15, -0.1) is 0 Å². The van der Waals surface area contributed by atoms with Crippen molar-refractivity contribution in [2.75, 3.05) is 26.7 Å². The molecule has 1 fully saturated rings. The topological polar surface area (TPSA) is 40.1 Å². The van der Waals surface area contributed by atoms with Crippen LogP contribution in [0.5, 0.6) is 0 Å². The molecular weight excluding hydrogens is 262 g/mol. The van der Waals surface area contributed by atoms with Gasteiger partial charge in [0.2, 0.25) is 0 Å². The monoisotopic (exact) mass is 299 g/mol. The summed E-state index contributed by atoms with van der Waals surface area (Å²) < 4.78 is 1.37. The Morgan fingerprint density at radius 1 is 0.905 bits per heavy atom. The zero-order chi connectivity index (χ0) is 16.0. The highest BCUT2D eigenvalue weighted by Gasteiger charge is 2.25. The predicted molar refractivity (Wildman–Crippen MR) is 87.9 cm³/mol. The molecule has 0 aliphatic carbocycles. The average Bonchev–Trinajstić information content (AvgIpc) is 2.83. The van der Waals surface area contributed by atoms with Crippen LogP contribution in [0.25, 0.3) is 0 Å². The molecule has 0 atom stereocenters. The molecule has 1 heterocycles. The highest BCUT2D eigenvalue weighted by atomic mass is 16.4. The summed E-state index contributed by atoms with van der Waals surface area (Å²) in [5.74, 6) is -1.08. The lowest BCUT2D eigenvalue weighted by Gasteiger charge is -2.29. The van der Waals surface area contributed by atoms with Crippen LogP contribution in [-0.2, 0) is 4.79 Å². The molecular formula is C18H37NO2. The Morgan fingerprint density at radius 3 is 1.71 bits per heavy atom. The van der Waals surface area contributed by atoms with Gasteiger partial charge in [-0.05, 0) is 19.8 Å². The Labute approximate surface area is 132 Å². The van der Waals surface area contributed by atoms with E-state index in [1.807, 2.05) is 0 Å². The number of quaternary nitrogens is 1. The largest absolute Gasteiger partial charge is 0.550 e. The standard InChI is InChI=1S/C16H34N.C2H4O2/c1-3-4-5-6-7-8-9-10-11-14-17(2)15-12-13-16-17;1-2(3)4/h3-16H2,1-2H3;1H3,(H,3,4)/q+1;/p-1. The molecule has 0 spiro atoms. The van der Waals surface area contributed by atoms with E-state index in [0.29, 0.717) is 0 Å². The maximum atomic E-state index is 8.89. The third kappa shape index (κ3) is 14.1. The second kappa shape index (κ2) is 13.1. The average molecular weight is 299 g/mol. The molecule has 0 aromatic carbocycles. The van der Waals surface area contributed by atoms with E-state index < -0.39 is 5.97 Å². The Morgan fingerprint density at radius 2 is 1.29 bits per heavy atom. The molecule has 0 amide bonds. The molecule has 21 heavy (non-hydrogen) atoms. The lowest BCUT2D eigenvalue weighted by Crippen LogP contribution is -2.41. The predicted octanol–water partition coefficient (Wildman–Crippen LogP) is 3.51. The van der Waals surface area contributed by atoms with Gasteiger partial charge in [-0.25, -0.2) is 0 Å². The first kappa shape index (κ1) is 20.4. The molecule has 0 bridgehead atoms. The van der Waals surface area contributed by atoms with Gasteiger partial charge in [-0.3, -0.25) is 0 Å². The van der Waals surface area contributed by atoms with Gasteiger partial charge >= 0.3 is 0 Å². The quantitative estimate of drug-likeness (QED) is 0.457. The van der Waals surface area contributed by atoms with Crippen LogP contribution in [0.4, 0.5) is 0 Å². The molecule has 3 heteroatoms. The zero-order valence-corrected chi connectivity index (χ0v) is 14.7. The number of carbonyl (C=O) groups excluding carboxylic acids is 1. The number of hydrogen-bond donors (Lipinski definition) is 0. The third-order valence-electron chi connectivity index (χ3n) is 4.45. The van der Waals surface area contributed by atoms with E-state index in [0.717, 1.165) is 6.92 Å². The van der Waals surface area contributed by atoms with Gasteiger partial charge in [0.25, 0.3) is 0 Å². The lowest BCUT2D eigenvalue weighted by molar-refractivity contribution is -0.897. The SMILES string of the molecule is CC(=O)[O-].CCCCCCCCCCC[N+]1(C)CCCC1. The highest BCUT2D eigenvalue weighted by molar-refractivity contribution is 5.60. The van der Waals surface area contributed by atoms with Crippen molar-refractivity contribution in [3.05, 3.63) is 0 Å². The van der Waals surface area contributed by atoms with E-state index in [2.05, 4.69) is 14.0 Å². The Kier molecular flexibility index (Phi) is 12.8. The van der Waals surface area contributed by atoms with Crippen molar-refractivity contribution in [2.45, 2.75) is 84.5 Å². The minimum atomic E-state index is -1.08. The highest BCUT2D eigenvalue weighted by Crippen LogP contribution is 2.18. The molecule has 1 rings (SSSR count). The number of unbranched alkanes of at least 4 members (excludes halogenated alkanes) is 8. The molecule has 1 saturated heterocycles. The second-order valence-electron chi connectivity index (χ2n) is 6.82. The molecule has 126 valence electrons. The number of hydrogen-bond acceptors (Lipinski definition) is 2. The van der Waals surface area contributed by atoms with Crippen molar-refractivity contribution in [1.82, 2.24) is 0 Å². The van der Waals surface area contributed by atoms with Gasteiger partial charge in [-0.1, -0.05) is 51.9 Å². The van der Waals surface area contributed by atoms with Gasteiger partial charge in [0, 0.05) is 18.8 Å². The summed E-state index contributed by atoms with van der Waals surface area (Å²) in [6, 6.07) is 0. The number of likely N-dealkylation sites (tertiary alicyclic amines) is 1. The molecule has 0 N–H and O–H groups in total. The fourth-order valence-corrected chi connectivity index (χ4v) is 3.13. The Balaban J connectivity index is 0.000000885. The molecule has 0 aromatic rings. The van der Waals surface area contributed by atoms with Crippen molar-refractivity contribution in [3.63, 3.8) is 0 Å². The summed E-state index contributed by atoms with van der Waals surface area (Å²) in [6.45, 7) is 7.59. The van der Waals surface area contributed by atoms with E-state index in [1.54, 1.807) is 0 Å². The first-order chi connectivity index (χ1) is 10.00. The number of carbonyl (C=O) groups is 1. The summed E-state index contributed by atoms with van der Waals surface area (Å²) >= 11 is 0. The third-order valence-corrected chi connectivity index (χ3v) is 4.45. The molecule has 1 aliphatic rings. The first-order valence-corrected chi connectivity index (χ1v) is 9.01. The van der Waals surface area contributed by atoms with E-state index in [4.69, 9.17) is 9.90 Å². The lowest BCUT2D eigenvalue weighted by atomic mass is 10.1. The summed E-state index contributed by atoms with van der Waals surface area (Å²) in [6.07, 6.45) is 16.1. The fourth-order valence-electron chi connectivity index (χ4n) is 3.13. The second-order valence-corrected chi connectivity index (χ2v) is 6.82. The molecule has 3 nitrogen and oxygen atoms in total. The van der Waals surface area contributed by atoms with Gasteiger partial charge in [-0.2, -0.15) is 0 Å². The number of rotatable bonds is 10. The zero-order valence-electron chi connectivity index (χ0n) is 14.7. The van der Waals surface area contributed by atoms with Crippen molar-refractivity contribution >= 4 is 5.97 Å². The summed E-state index contributed by atoms with van der Waals surface area (Å²) in [7, 11) is 2.46. The Hall–Kier alpha value is -0.570. The van der Waals surface area contributed by atoms with Crippen LogP contribution >= 0.6 is 0 Å². The summed E-state index contributed by atoms with van der Waals surface area (Å²) in [5, 5.41) is 8.89. The van der Waals surface area contributed by atoms with Gasteiger partial charge in [0.1, 0.15) is 0 Å². The van der Waals surface area contributed by atoms with E-state index in [9.17, 15) is 0 Å². The molecule has 0 unspecified atom stereocenters. The molecule has 1 aliphatic heterocycles. The van der Waals surface area contributed by atoms with Crippen LogP contribution < -0.4 is 5.11 Å². The summed E-state index contributed by atoms with van der Waals surface area (Å²) in [4.78, 5) is 8.89. The van der Waals surface area contributed by atoms with Crippen LogP contribution in [-0.4, -0.2) is 37.1 Å². The maximum Gasteiger partial charge on any atom is 0.0786 e. The Bertz CT molecular complexity index is 244. The van der Waals surface area contributed by atoms with Gasteiger partial charge in [0.15, 0.2) is 0 Å². The van der Waals surface area contributed by atoms with Crippen molar-refractivity contribution in [1.29, 1.82) is 0 Å². The molecule has 0 saturated carbocycles. The van der Waals surface area contributed by atoms with Crippen molar-refractivity contribution in [2.24, 2.45) is 0 Å². The van der Waals surface area contributed by atoms with Gasteiger partial charge in [0.05, 0.1) is 26.7 Å². The van der Waals surface area contributed by atoms with Crippen LogP contribution in [0.2, 0.25) is 0 Å².